The molecular formula is C30H34N4O4. The Morgan fingerprint density at radius 1 is 1.16 bits per heavy atom. The van der Waals surface area contributed by atoms with Crippen LogP contribution in [0.25, 0.3) is 11.0 Å². The van der Waals surface area contributed by atoms with Crippen LogP contribution < -0.4 is 4.74 Å². The summed E-state index contributed by atoms with van der Waals surface area (Å²) in [5, 5.41) is 18.3. The van der Waals surface area contributed by atoms with Gasteiger partial charge in [-0.05, 0) is 65.4 Å². The predicted octanol–water partition coefficient (Wildman–Crippen LogP) is 4.77. The summed E-state index contributed by atoms with van der Waals surface area (Å²) >= 11 is 0. The quantitative estimate of drug-likeness (QED) is 0.362. The number of rotatable bonds is 8. The largest absolute Gasteiger partial charge is 0.497 e. The van der Waals surface area contributed by atoms with Crippen LogP contribution >= 0.6 is 0 Å². The minimum absolute atomic E-state index is 0.00113. The van der Waals surface area contributed by atoms with E-state index < -0.39 is 5.97 Å². The maximum Gasteiger partial charge on any atom is 0.304 e. The van der Waals surface area contributed by atoms with Crippen molar-refractivity contribution in [3.05, 3.63) is 88.0 Å². The Morgan fingerprint density at radius 2 is 1.95 bits per heavy atom. The molecule has 1 aliphatic rings. The number of aromatic nitrogens is 3. The zero-order chi connectivity index (χ0) is 26.8. The van der Waals surface area contributed by atoms with Crippen molar-refractivity contribution >= 4 is 17.0 Å². The van der Waals surface area contributed by atoms with E-state index in [4.69, 9.17) is 9.47 Å². The fourth-order valence-corrected chi connectivity index (χ4v) is 5.47. The van der Waals surface area contributed by atoms with E-state index in [-0.39, 0.29) is 18.4 Å². The molecule has 0 saturated carbocycles. The molecule has 38 heavy (non-hydrogen) atoms. The number of benzene rings is 3. The van der Waals surface area contributed by atoms with Crippen molar-refractivity contribution < 1.29 is 19.4 Å². The summed E-state index contributed by atoms with van der Waals surface area (Å²) < 4.78 is 12.9. The average molecular weight is 515 g/mol. The molecule has 2 unspecified atom stereocenters. The molecule has 1 N–H and O–H groups in total. The van der Waals surface area contributed by atoms with Crippen molar-refractivity contribution in [2.24, 2.45) is 7.05 Å². The van der Waals surface area contributed by atoms with Gasteiger partial charge in [0.15, 0.2) is 0 Å². The molecule has 1 saturated heterocycles. The first kappa shape index (κ1) is 25.9. The maximum atomic E-state index is 12.0. The second-order valence-corrected chi connectivity index (χ2v) is 10.0. The van der Waals surface area contributed by atoms with Crippen LogP contribution in [0.4, 0.5) is 0 Å². The monoisotopic (exact) mass is 514 g/mol. The summed E-state index contributed by atoms with van der Waals surface area (Å²) in [5.74, 6) is -0.288. The van der Waals surface area contributed by atoms with Gasteiger partial charge in [0.2, 0.25) is 0 Å². The third kappa shape index (κ3) is 5.14. The average Bonchev–Trinajstić information content (AvgIpc) is 3.31. The summed E-state index contributed by atoms with van der Waals surface area (Å²) in [4.78, 5) is 14.4. The standard InChI is InChI=1S/C30H34N4O4/c1-19-5-6-22(26(16-29(35)36)25-11-12-27-30(20(25)2)31-32-33(27)3)15-23(19)17-34-13-14-38-18-28(34)21-7-9-24(37-4)10-8-21/h5-12,15,26,28H,13-14,16-18H2,1-4H3,(H,35,36). The molecule has 0 spiro atoms. The number of aryl methyl sites for hydroxylation is 3. The Kier molecular flexibility index (Phi) is 7.44. The van der Waals surface area contributed by atoms with E-state index in [1.807, 2.05) is 38.2 Å². The highest BCUT2D eigenvalue weighted by Crippen LogP contribution is 2.35. The fourth-order valence-electron chi connectivity index (χ4n) is 5.47. The van der Waals surface area contributed by atoms with Crippen LogP contribution in [-0.4, -0.2) is 57.8 Å². The Balaban J connectivity index is 1.48. The molecule has 0 aliphatic carbocycles. The van der Waals surface area contributed by atoms with Crippen molar-refractivity contribution in [2.45, 2.75) is 38.8 Å². The van der Waals surface area contributed by atoms with Gasteiger partial charge in [-0.3, -0.25) is 9.69 Å². The van der Waals surface area contributed by atoms with Gasteiger partial charge in [-0.2, -0.15) is 0 Å². The number of ether oxygens (including phenoxy) is 2. The number of hydrogen-bond acceptors (Lipinski definition) is 6. The van der Waals surface area contributed by atoms with Crippen molar-refractivity contribution in [2.75, 3.05) is 26.9 Å². The molecule has 3 aromatic carbocycles. The van der Waals surface area contributed by atoms with Crippen LogP contribution in [0.3, 0.4) is 0 Å². The van der Waals surface area contributed by atoms with E-state index in [2.05, 4.69) is 52.5 Å². The molecule has 1 aromatic heterocycles. The van der Waals surface area contributed by atoms with Gasteiger partial charge in [-0.1, -0.05) is 41.6 Å². The van der Waals surface area contributed by atoms with E-state index in [1.165, 1.54) is 16.7 Å². The zero-order valence-electron chi connectivity index (χ0n) is 22.3. The first-order valence-electron chi connectivity index (χ1n) is 12.9. The molecule has 0 radical (unpaired) electrons. The Hall–Kier alpha value is -3.75. The van der Waals surface area contributed by atoms with Crippen LogP contribution in [-0.2, 0) is 23.1 Å². The van der Waals surface area contributed by atoms with E-state index >= 15 is 0 Å². The lowest BCUT2D eigenvalue weighted by molar-refractivity contribution is -0.137. The number of hydrogen-bond donors (Lipinski definition) is 1. The number of morpholine rings is 1. The second-order valence-electron chi connectivity index (χ2n) is 10.0. The number of aliphatic carboxylic acids is 1. The highest BCUT2D eigenvalue weighted by Gasteiger charge is 2.27. The number of carboxylic acid groups (broad SMARTS) is 1. The minimum Gasteiger partial charge on any atom is -0.497 e. The molecule has 0 bridgehead atoms. The van der Waals surface area contributed by atoms with Crippen molar-refractivity contribution in [1.29, 1.82) is 0 Å². The molecule has 2 heterocycles. The summed E-state index contributed by atoms with van der Waals surface area (Å²) in [7, 11) is 3.53. The van der Waals surface area contributed by atoms with Gasteiger partial charge in [0.1, 0.15) is 11.3 Å². The molecular weight excluding hydrogens is 480 g/mol. The summed E-state index contributed by atoms with van der Waals surface area (Å²) in [5.41, 5.74) is 8.24. The number of fused-ring (bicyclic) bond motifs is 1. The van der Waals surface area contributed by atoms with Gasteiger partial charge in [-0.15, -0.1) is 5.10 Å². The molecule has 5 rings (SSSR count). The van der Waals surface area contributed by atoms with E-state index in [0.29, 0.717) is 13.2 Å². The van der Waals surface area contributed by atoms with Gasteiger partial charge in [0, 0.05) is 26.1 Å². The Bertz CT molecular complexity index is 1450. The molecule has 0 amide bonds. The van der Waals surface area contributed by atoms with Gasteiger partial charge in [-0.25, -0.2) is 4.68 Å². The number of carboxylic acids is 1. The van der Waals surface area contributed by atoms with Crippen molar-refractivity contribution in [3.63, 3.8) is 0 Å². The van der Waals surface area contributed by atoms with Crippen LogP contribution in [0.1, 0.15) is 51.8 Å². The normalized spacial score (nSPS) is 17.0. The van der Waals surface area contributed by atoms with Crippen LogP contribution in [0.2, 0.25) is 0 Å². The van der Waals surface area contributed by atoms with Crippen LogP contribution in [0.5, 0.6) is 5.75 Å². The summed E-state index contributed by atoms with van der Waals surface area (Å²) in [6.45, 7) is 7.01. The van der Waals surface area contributed by atoms with Crippen LogP contribution in [0.15, 0.2) is 54.6 Å². The Morgan fingerprint density at radius 3 is 2.68 bits per heavy atom. The van der Waals surface area contributed by atoms with E-state index in [9.17, 15) is 9.90 Å². The lowest BCUT2D eigenvalue weighted by atomic mass is 9.84. The minimum atomic E-state index is -0.830. The maximum absolute atomic E-state index is 12.0. The molecule has 198 valence electrons. The lowest BCUT2D eigenvalue weighted by Crippen LogP contribution is -2.39. The number of carbonyl (C=O) groups is 1. The SMILES string of the molecule is COc1ccc(C2COCCN2Cc2cc(C(CC(=O)O)c3ccc4c(nnn4C)c3C)ccc2C)cc1. The fraction of sp³-hybridized carbons (Fsp3) is 0.367. The highest BCUT2D eigenvalue weighted by atomic mass is 16.5. The smallest absolute Gasteiger partial charge is 0.304 e. The van der Waals surface area contributed by atoms with Gasteiger partial charge >= 0.3 is 5.97 Å². The third-order valence-corrected chi connectivity index (χ3v) is 7.72. The summed E-state index contributed by atoms with van der Waals surface area (Å²) in [6, 6.07) is 18.7. The van der Waals surface area contributed by atoms with Crippen molar-refractivity contribution in [1.82, 2.24) is 19.9 Å². The van der Waals surface area contributed by atoms with Gasteiger partial charge in [0.05, 0.1) is 38.3 Å². The highest BCUT2D eigenvalue weighted by molar-refractivity contribution is 5.80. The van der Waals surface area contributed by atoms with Crippen molar-refractivity contribution in [3.8, 4) is 5.75 Å². The molecule has 8 heteroatoms. The molecule has 4 aromatic rings. The van der Waals surface area contributed by atoms with Crippen LogP contribution in [0, 0.1) is 13.8 Å². The summed E-state index contributed by atoms with van der Waals surface area (Å²) in [6.07, 6.45) is 0.00113. The van der Waals surface area contributed by atoms with E-state index in [1.54, 1.807) is 11.8 Å². The first-order chi connectivity index (χ1) is 18.4. The first-order valence-corrected chi connectivity index (χ1v) is 12.9. The molecule has 8 nitrogen and oxygen atoms in total. The molecule has 1 aliphatic heterocycles. The third-order valence-electron chi connectivity index (χ3n) is 7.72. The number of methoxy groups -OCH3 is 1. The topological polar surface area (TPSA) is 89.7 Å². The molecule has 1 fully saturated rings. The van der Waals surface area contributed by atoms with Gasteiger partial charge < -0.3 is 14.6 Å². The zero-order valence-corrected chi connectivity index (χ0v) is 22.3. The van der Waals surface area contributed by atoms with Gasteiger partial charge in [0.25, 0.3) is 0 Å². The predicted molar refractivity (Wildman–Crippen MR) is 145 cm³/mol. The lowest BCUT2D eigenvalue weighted by Gasteiger charge is -2.36. The second kappa shape index (κ2) is 10.9. The molecule has 2 atom stereocenters. The van der Waals surface area contributed by atoms with E-state index in [0.717, 1.165) is 46.6 Å². The number of nitrogens with zero attached hydrogens (tertiary/aromatic N) is 4. The Labute approximate surface area is 222 Å².